The number of nitrogen functional groups attached to an aromatic ring is 1. The first-order valence-electron chi connectivity index (χ1n) is 16.9. The molecule has 4 aliphatic rings. The number of amides is 1. The lowest BCUT2D eigenvalue weighted by Gasteiger charge is -2.41. The fourth-order valence-corrected chi connectivity index (χ4v) is 9.01. The second-order valence-electron chi connectivity index (χ2n) is 14.0. The highest BCUT2D eigenvalue weighted by Gasteiger charge is 2.48. The first-order valence-corrected chi connectivity index (χ1v) is 16.9. The molecule has 1 saturated heterocycles. The van der Waals surface area contributed by atoms with Crippen molar-refractivity contribution < 1.29 is 9.32 Å². The van der Waals surface area contributed by atoms with Gasteiger partial charge in [-0.1, -0.05) is 11.2 Å². The highest BCUT2D eigenvalue weighted by Crippen LogP contribution is 2.53. The molecule has 13 nitrogen and oxygen atoms in total. The number of aryl methyl sites for hydroxylation is 1. The number of aromatic nitrogens is 7. The summed E-state index contributed by atoms with van der Waals surface area (Å²) in [6.07, 6.45) is 11.2. The average molecular weight is 644 g/mol. The Hall–Kier alpha value is -5.09. The Bertz CT molecular complexity index is 2180. The number of hydrogen-bond acceptors (Lipinski definition) is 10. The maximum Gasteiger partial charge on any atom is 0.274 e. The predicted molar refractivity (Wildman–Crippen MR) is 176 cm³/mol. The lowest BCUT2D eigenvalue weighted by atomic mass is 9.61. The van der Waals surface area contributed by atoms with Crippen LogP contribution in [0.3, 0.4) is 0 Å². The number of nitrogens with zero attached hydrogens (tertiary/aromatic N) is 10. The van der Waals surface area contributed by atoms with E-state index in [0.29, 0.717) is 52.5 Å². The summed E-state index contributed by atoms with van der Waals surface area (Å²) in [5, 5.41) is 25.3. The molecule has 1 amide bonds. The van der Waals surface area contributed by atoms with Crippen LogP contribution in [0.1, 0.15) is 95.6 Å². The first-order chi connectivity index (χ1) is 23.3. The van der Waals surface area contributed by atoms with E-state index in [0.717, 1.165) is 91.3 Å². The normalized spacial score (nSPS) is 22.7. The smallest absolute Gasteiger partial charge is 0.274 e. The van der Waals surface area contributed by atoms with Crippen molar-refractivity contribution in [1.29, 1.82) is 5.26 Å². The van der Waals surface area contributed by atoms with Gasteiger partial charge in [0.2, 0.25) is 0 Å². The van der Waals surface area contributed by atoms with Crippen LogP contribution in [0.25, 0.3) is 28.4 Å². The molecule has 3 atom stereocenters. The molecule has 1 spiro atoms. The topological polar surface area (TPSA) is 161 Å². The number of likely N-dealkylation sites (N-methyl/N-ethyl adjacent to an activating group) is 1. The highest BCUT2D eigenvalue weighted by atomic mass is 16.5. The van der Waals surface area contributed by atoms with Crippen molar-refractivity contribution in [2.24, 2.45) is 0 Å². The van der Waals surface area contributed by atoms with E-state index >= 15 is 0 Å². The van der Waals surface area contributed by atoms with E-state index in [1.807, 2.05) is 16.9 Å². The molecule has 1 fully saturated rings. The van der Waals surface area contributed by atoms with Gasteiger partial charge in [0, 0.05) is 42.6 Å². The quantitative estimate of drug-likeness (QED) is 0.279. The summed E-state index contributed by atoms with van der Waals surface area (Å²) in [5.74, 6) is 1.65. The molecule has 4 aromatic heterocycles. The molecular weight excluding hydrogens is 606 g/mol. The SMILES string of the molecule is C[C@@H]([C@@H]1CCCN1C)n1ncc2c(-n3cc4c(n3)C(=O)N(C)C4)nc(-c3noc4c3CCC[C@@]43CCCc4ccc(N)c(C#N)c43)nc21. The van der Waals surface area contributed by atoms with E-state index in [9.17, 15) is 10.1 Å². The number of hydrogen-bond donors (Lipinski definition) is 1. The van der Waals surface area contributed by atoms with E-state index in [2.05, 4.69) is 36.2 Å². The van der Waals surface area contributed by atoms with Crippen LogP contribution in [-0.2, 0) is 24.8 Å². The van der Waals surface area contributed by atoms with Crippen molar-refractivity contribution in [3.8, 4) is 23.4 Å². The summed E-state index contributed by atoms with van der Waals surface area (Å²) in [7, 11) is 3.94. The summed E-state index contributed by atoms with van der Waals surface area (Å²) in [4.78, 5) is 27.1. The molecule has 0 unspecified atom stereocenters. The van der Waals surface area contributed by atoms with Gasteiger partial charge < -0.3 is 20.1 Å². The fraction of sp³-hybridized carbons (Fsp3) is 0.457. The number of carbonyl (C=O) groups excluding carboxylic acids is 1. The van der Waals surface area contributed by atoms with Crippen LogP contribution in [0.5, 0.6) is 0 Å². The summed E-state index contributed by atoms with van der Waals surface area (Å²) in [6, 6.07) is 6.71. The van der Waals surface area contributed by atoms with Crippen molar-refractivity contribution in [2.45, 2.75) is 82.3 Å². The molecule has 0 bridgehead atoms. The van der Waals surface area contributed by atoms with Crippen LogP contribution in [0.4, 0.5) is 5.69 Å². The first kappa shape index (κ1) is 29.1. The minimum absolute atomic E-state index is 0.0616. The van der Waals surface area contributed by atoms with E-state index in [-0.39, 0.29) is 11.9 Å². The number of carbonyl (C=O) groups is 1. The monoisotopic (exact) mass is 643 g/mol. The molecule has 9 rings (SSSR count). The summed E-state index contributed by atoms with van der Waals surface area (Å²) < 4.78 is 10.0. The lowest BCUT2D eigenvalue weighted by Crippen LogP contribution is -2.36. The van der Waals surface area contributed by atoms with Crippen molar-refractivity contribution in [1.82, 2.24) is 44.5 Å². The minimum atomic E-state index is -0.488. The Morgan fingerprint density at radius 1 is 1.10 bits per heavy atom. The summed E-state index contributed by atoms with van der Waals surface area (Å²) in [5.41, 5.74) is 12.6. The maximum atomic E-state index is 12.8. The zero-order chi connectivity index (χ0) is 32.9. The molecule has 0 saturated carbocycles. The van der Waals surface area contributed by atoms with Gasteiger partial charge in [0.25, 0.3) is 5.91 Å². The van der Waals surface area contributed by atoms with Gasteiger partial charge in [-0.2, -0.15) is 15.5 Å². The Balaban J connectivity index is 1.24. The van der Waals surface area contributed by atoms with Gasteiger partial charge in [-0.15, -0.1) is 0 Å². The van der Waals surface area contributed by atoms with Crippen molar-refractivity contribution in [3.63, 3.8) is 0 Å². The second-order valence-corrected chi connectivity index (χ2v) is 14.0. The Kier molecular flexibility index (Phi) is 6.33. The highest BCUT2D eigenvalue weighted by molar-refractivity contribution is 5.96. The third-order valence-electron chi connectivity index (χ3n) is 11.3. The van der Waals surface area contributed by atoms with Crippen LogP contribution >= 0.6 is 0 Å². The number of likely N-dealkylation sites (tertiary alicyclic amines) is 1. The predicted octanol–water partition coefficient (Wildman–Crippen LogP) is 4.32. The molecule has 6 heterocycles. The van der Waals surface area contributed by atoms with E-state index < -0.39 is 5.41 Å². The van der Waals surface area contributed by atoms with E-state index in [1.165, 1.54) is 0 Å². The van der Waals surface area contributed by atoms with Crippen LogP contribution in [-0.4, -0.2) is 77.1 Å². The van der Waals surface area contributed by atoms with Crippen molar-refractivity contribution in [3.05, 3.63) is 63.8 Å². The van der Waals surface area contributed by atoms with Gasteiger partial charge >= 0.3 is 0 Å². The number of nitriles is 1. The summed E-state index contributed by atoms with van der Waals surface area (Å²) in [6.45, 7) is 3.74. The lowest BCUT2D eigenvalue weighted by molar-refractivity contribution is 0.0810. The third kappa shape index (κ3) is 3.98. The van der Waals surface area contributed by atoms with Crippen LogP contribution < -0.4 is 5.73 Å². The number of nitrogens with two attached hydrogens (primary N) is 1. The third-order valence-corrected chi connectivity index (χ3v) is 11.3. The van der Waals surface area contributed by atoms with Gasteiger partial charge in [0.05, 0.1) is 28.6 Å². The largest absolute Gasteiger partial charge is 0.398 e. The average Bonchev–Trinajstić information content (AvgIpc) is 3.92. The molecule has 2 N–H and O–H groups in total. The van der Waals surface area contributed by atoms with E-state index in [1.54, 1.807) is 22.8 Å². The number of fused-ring (bicyclic) bond motifs is 6. The molecule has 1 aromatic carbocycles. The second kappa shape index (κ2) is 10.5. The molecule has 48 heavy (non-hydrogen) atoms. The zero-order valence-electron chi connectivity index (χ0n) is 27.4. The van der Waals surface area contributed by atoms with Gasteiger partial charge in [0.1, 0.15) is 6.07 Å². The van der Waals surface area contributed by atoms with Gasteiger partial charge in [0.15, 0.2) is 34.4 Å². The molecule has 13 heteroatoms. The van der Waals surface area contributed by atoms with Crippen LogP contribution in [0, 0.1) is 11.3 Å². The fourth-order valence-electron chi connectivity index (χ4n) is 9.01. The van der Waals surface area contributed by atoms with E-state index in [4.69, 9.17) is 30.4 Å². The van der Waals surface area contributed by atoms with Gasteiger partial charge in [-0.3, -0.25) is 4.79 Å². The van der Waals surface area contributed by atoms with Crippen LogP contribution in [0.2, 0.25) is 0 Å². The minimum Gasteiger partial charge on any atom is -0.398 e. The standard InChI is InChI=1S/C35H37N11O2/c1-19(26-9-6-14-43(26)2)46-33-24(16-38-46)32(45-18-21-17-44(3)34(47)28(21)41-45)39-31(40-33)29-22-8-5-13-35(30(22)48-42-29)12-4-7-20-10-11-25(37)23(15-36)27(20)35/h10-11,16,18-19,26H,4-9,12-14,17,37H2,1-3H3/t19-,26-,35+/m0/s1. The van der Waals surface area contributed by atoms with Crippen molar-refractivity contribution in [2.75, 3.05) is 26.4 Å². The zero-order valence-corrected chi connectivity index (χ0v) is 27.4. The number of anilines is 1. The Morgan fingerprint density at radius 3 is 2.71 bits per heavy atom. The molecule has 2 aliphatic heterocycles. The van der Waals surface area contributed by atoms with Crippen molar-refractivity contribution >= 4 is 22.6 Å². The number of rotatable bonds is 4. The summed E-state index contributed by atoms with van der Waals surface area (Å²) >= 11 is 0. The molecule has 2 aliphatic carbocycles. The molecular formula is C35H37N11O2. The van der Waals surface area contributed by atoms with Crippen LogP contribution in [0.15, 0.2) is 29.0 Å². The van der Waals surface area contributed by atoms with Gasteiger partial charge in [-0.25, -0.2) is 19.3 Å². The Labute approximate surface area is 277 Å². The molecule has 244 valence electrons. The molecule has 0 radical (unpaired) electrons. The van der Waals surface area contributed by atoms with Gasteiger partial charge in [-0.05, 0) is 89.1 Å². The molecule has 5 aromatic rings. The maximum absolute atomic E-state index is 12.8. The number of benzene rings is 1. The Morgan fingerprint density at radius 2 is 1.94 bits per heavy atom.